The van der Waals surface area contributed by atoms with Gasteiger partial charge in [0.05, 0.1) is 0 Å². The van der Waals surface area contributed by atoms with Gasteiger partial charge < -0.3 is 10.5 Å². The van der Waals surface area contributed by atoms with Crippen LogP contribution in [0, 0.1) is 6.92 Å². The van der Waals surface area contributed by atoms with E-state index in [4.69, 9.17) is 10.5 Å². The first-order valence-electron chi connectivity index (χ1n) is 4.96. The molecule has 0 radical (unpaired) electrons. The lowest BCUT2D eigenvalue weighted by molar-refractivity contribution is 0.175. The van der Waals surface area contributed by atoms with E-state index in [9.17, 15) is 0 Å². The van der Waals surface area contributed by atoms with Crippen LogP contribution >= 0.6 is 0 Å². The Balaban J connectivity index is 2.00. The highest BCUT2D eigenvalue weighted by Gasteiger charge is 2.26. The lowest BCUT2D eigenvalue weighted by Gasteiger charge is -2.15. The summed E-state index contributed by atoms with van der Waals surface area (Å²) < 4.78 is 5.60. The summed E-state index contributed by atoms with van der Waals surface area (Å²) in [6, 6.07) is 0.581. The van der Waals surface area contributed by atoms with E-state index >= 15 is 0 Å². The van der Waals surface area contributed by atoms with Gasteiger partial charge in [-0.1, -0.05) is 0 Å². The molecule has 0 aromatic carbocycles. The van der Waals surface area contributed by atoms with Crippen molar-refractivity contribution in [3.63, 3.8) is 0 Å². The highest BCUT2D eigenvalue weighted by Crippen LogP contribution is 2.21. The average Bonchev–Trinajstić information content (AvgIpc) is 2.56. The van der Waals surface area contributed by atoms with Gasteiger partial charge in [-0.15, -0.1) is 0 Å². The first-order chi connectivity index (χ1) is 6.75. The summed E-state index contributed by atoms with van der Waals surface area (Å²) in [5.74, 6) is 0. The molecule has 14 heavy (non-hydrogen) atoms. The van der Waals surface area contributed by atoms with E-state index in [2.05, 4.69) is 9.97 Å². The molecule has 2 atom stereocenters. The fourth-order valence-electron chi connectivity index (χ4n) is 1.68. The quantitative estimate of drug-likeness (QED) is 0.762. The van der Waals surface area contributed by atoms with Crippen molar-refractivity contribution < 1.29 is 4.74 Å². The lowest BCUT2D eigenvalue weighted by Crippen LogP contribution is -2.34. The van der Waals surface area contributed by atoms with Crippen LogP contribution in [0.1, 0.15) is 24.8 Å². The number of nitrogens with two attached hydrogens (primary N) is 1. The van der Waals surface area contributed by atoms with Crippen molar-refractivity contribution in [2.75, 3.05) is 0 Å². The Kier molecular flexibility index (Phi) is 2.63. The van der Waals surface area contributed by atoms with Crippen molar-refractivity contribution in [1.82, 2.24) is 9.97 Å². The SMILES string of the molecule is Cc1cnc(O[C@@H]2CCC[C@H]2N)nc1. The molecule has 1 aliphatic carbocycles. The van der Waals surface area contributed by atoms with Crippen molar-refractivity contribution in [1.29, 1.82) is 0 Å². The molecule has 0 aliphatic heterocycles. The molecule has 1 aromatic heterocycles. The average molecular weight is 193 g/mol. The second-order valence-electron chi connectivity index (χ2n) is 3.79. The topological polar surface area (TPSA) is 61.0 Å². The number of ether oxygens (including phenoxy) is 1. The molecule has 4 heteroatoms. The number of aromatic nitrogens is 2. The van der Waals surface area contributed by atoms with Crippen LogP contribution in [0.3, 0.4) is 0 Å². The summed E-state index contributed by atoms with van der Waals surface area (Å²) in [5, 5.41) is 0. The molecule has 0 unspecified atom stereocenters. The lowest BCUT2D eigenvalue weighted by atomic mass is 10.2. The van der Waals surface area contributed by atoms with Crippen molar-refractivity contribution in [3.8, 4) is 6.01 Å². The smallest absolute Gasteiger partial charge is 0.316 e. The predicted molar refractivity (Wildman–Crippen MR) is 53.0 cm³/mol. The van der Waals surface area contributed by atoms with Crippen molar-refractivity contribution in [2.45, 2.75) is 38.3 Å². The first-order valence-corrected chi connectivity index (χ1v) is 4.96. The van der Waals surface area contributed by atoms with Crippen LogP contribution in [-0.2, 0) is 0 Å². The standard InChI is InChI=1S/C10H15N3O/c1-7-5-12-10(13-6-7)14-9-4-2-3-8(9)11/h5-6,8-9H,2-4,11H2,1H3/t8-,9-/m1/s1. The number of nitrogens with zero attached hydrogens (tertiary/aromatic N) is 2. The Labute approximate surface area is 83.5 Å². The summed E-state index contributed by atoms with van der Waals surface area (Å²) in [6.45, 7) is 1.95. The zero-order valence-corrected chi connectivity index (χ0v) is 8.31. The molecule has 1 aliphatic rings. The Morgan fingerprint density at radius 1 is 1.36 bits per heavy atom. The molecule has 0 bridgehead atoms. The molecule has 76 valence electrons. The van der Waals surface area contributed by atoms with E-state index in [1.165, 1.54) is 0 Å². The predicted octanol–water partition coefficient (Wildman–Crippen LogP) is 1.04. The van der Waals surface area contributed by atoms with Gasteiger partial charge in [0.25, 0.3) is 0 Å². The maximum Gasteiger partial charge on any atom is 0.316 e. The Bertz CT molecular complexity index is 299. The summed E-state index contributed by atoms with van der Waals surface area (Å²) >= 11 is 0. The number of hydrogen-bond donors (Lipinski definition) is 1. The molecule has 0 amide bonds. The molecule has 1 aromatic rings. The van der Waals surface area contributed by atoms with Crippen LogP contribution in [0.4, 0.5) is 0 Å². The zero-order chi connectivity index (χ0) is 9.97. The Morgan fingerprint density at radius 3 is 2.64 bits per heavy atom. The Morgan fingerprint density at radius 2 is 2.07 bits per heavy atom. The minimum atomic E-state index is 0.0951. The van der Waals surface area contributed by atoms with Gasteiger partial charge in [-0.05, 0) is 31.7 Å². The highest BCUT2D eigenvalue weighted by molar-refractivity contribution is 5.05. The van der Waals surface area contributed by atoms with E-state index in [0.29, 0.717) is 6.01 Å². The van der Waals surface area contributed by atoms with Gasteiger partial charge in [-0.3, -0.25) is 0 Å². The molecule has 1 fully saturated rings. The van der Waals surface area contributed by atoms with Crippen LogP contribution in [0.15, 0.2) is 12.4 Å². The number of aryl methyl sites for hydroxylation is 1. The monoisotopic (exact) mass is 193 g/mol. The van der Waals surface area contributed by atoms with Crippen molar-refractivity contribution in [3.05, 3.63) is 18.0 Å². The van der Waals surface area contributed by atoms with Crippen LogP contribution in [0.5, 0.6) is 6.01 Å². The van der Waals surface area contributed by atoms with Crippen molar-refractivity contribution >= 4 is 0 Å². The summed E-state index contributed by atoms with van der Waals surface area (Å²) in [5.41, 5.74) is 6.91. The summed E-state index contributed by atoms with van der Waals surface area (Å²) in [7, 11) is 0. The largest absolute Gasteiger partial charge is 0.458 e. The summed E-state index contributed by atoms with van der Waals surface area (Å²) in [4.78, 5) is 8.17. The van der Waals surface area contributed by atoms with Gasteiger partial charge in [-0.2, -0.15) is 0 Å². The van der Waals surface area contributed by atoms with E-state index < -0.39 is 0 Å². The molecule has 0 spiro atoms. The van der Waals surface area contributed by atoms with Gasteiger partial charge in [0, 0.05) is 18.4 Å². The summed E-state index contributed by atoms with van der Waals surface area (Å²) in [6.07, 6.45) is 6.79. The first kappa shape index (κ1) is 9.40. The van der Waals surface area contributed by atoms with E-state index in [-0.39, 0.29) is 12.1 Å². The fraction of sp³-hybridized carbons (Fsp3) is 0.600. The van der Waals surface area contributed by atoms with E-state index in [1.54, 1.807) is 12.4 Å². The minimum absolute atomic E-state index is 0.0951. The molecule has 1 heterocycles. The minimum Gasteiger partial charge on any atom is -0.458 e. The Hall–Kier alpha value is -1.16. The molecule has 2 N–H and O–H groups in total. The number of rotatable bonds is 2. The van der Waals surface area contributed by atoms with E-state index in [0.717, 1.165) is 24.8 Å². The molecule has 1 saturated carbocycles. The third-order valence-corrected chi connectivity index (χ3v) is 2.52. The van der Waals surface area contributed by atoms with Crippen LogP contribution < -0.4 is 10.5 Å². The van der Waals surface area contributed by atoms with Gasteiger partial charge in [0.1, 0.15) is 6.10 Å². The third-order valence-electron chi connectivity index (χ3n) is 2.52. The fourth-order valence-corrected chi connectivity index (χ4v) is 1.68. The molecular weight excluding hydrogens is 178 g/mol. The highest BCUT2D eigenvalue weighted by atomic mass is 16.5. The van der Waals surface area contributed by atoms with Gasteiger partial charge in [0.15, 0.2) is 0 Å². The molecular formula is C10H15N3O. The van der Waals surface area contributed by atoms with Crippen molar-refractivity contribution in [2.24, 2.45) is 5.73 Å². The molecule has 2 rings (SSSR count). The van der Waals surface area contributed by atoms with Crippen LogP contribution in [0.2, 0.25) is 0 Å². The maximum atomic E-state index is 5.88. The zero-order valence-electron chi connectivity index (χ0n) is 8.31. The maximum absolute atomic E-state index is 5.88. The van der Waals surface area contributed by atoms with Crippen LogP contribution in [0.25, 0.3) is 0 Å². The van der Waals surface area contributed by atoms with Gasteiger partial charge >= 0.3 is 6.01 Å². The molecule has 0 saturated heterocycles. The normalized spacial score (nSPS) is 26.4. The van der Waals surface area contributed by atoms with Gasteiger partial charge in [-0.25, -0.2) is 9.97 Å². The third kappa shape index (κ3) is 2.01. The van der Waals surface area contributed by atoms with Gasteiger partial charge in [0.2, 0.25) is 0 Å². The second kappa shape index (κ2) is 3.92. The number of hydrogen-bond acceptors (Lipinski definition) is 4. The second-order valence-corrected chi connectivity index (χ2v) is 3.79. The van der Waals surface area contributed by atoms with E-state index in [1.807, 2.05) is 6.92 Å². The van der Waals surface area contributed by atoms with Crippen LogP contribution in [-0.4, -0.2) is 22.1 Å². The molecule has 4 nitrogen and oxygen atoms in total.